The molecule has 3 atom stereocenters. The Bertz CT molecular complexity index is 319. The molecule has 0 N–H and O–H groups in total. The Labute approximate surface area is 77.5 Å². The van der Waals surface area contributed by atoms with Gasteiger partial charge in [-0.25, -0.2) is 0 Å². The normalized spacial score (nSPS) is 37.2. The van der Waals surface area contributed by atoms with Crippen LogP contribution in [-0.2, 0) is 7.05 Å². The van der Waals surface area contributed by atoms with Gasteiger partial charge in [0.05, 0.1) is 11.9 Å². The van der Waals surface area contributed by atoms with Crippen LogP contribution in [0.15, 0.2) is 6.20 Å². The summed E-state index contributed by atoms with van der Waals surface area (Å²) < 4.78 is 0. The number of aromatic nitrogens is 3. The fourth-order valence-corrected chi connectivity index (χ4v) is 2.65. The van der Waals surface area contributed by atoms with Crippen LogP contribution in [0.4, 0.5) is 0 Å². The summed E-state index contributed by atoms with van der Waals surface area (Å²) in [7, 11) is 1.89. The first-order chi connectivity index (χ1) is 6.33. The molecule has 0 aliphatic carbocycles. The van der Waals surface area contributed by atoms with Crippen molar-refractivity contribution in [2.45, 2.75) is 12.3 Å². The van der Waals surface area contributed by atoms with Crippen LogP contribution >= 0.6 is 0 Å². The van der Waals surface area contributed by atoms with Crippen molar-refractivity contribution in [3.8, 4) is 0 Å². The maximum Gasteiger partial charge on any atom is 0.0874 e. The Morgan fingerprint density at radius 2 is 2.38 bits per heavy atom. The highest BCUT2D eigenvalue weighted by Crippen LogP contribution is 2.38. The molecule has 3 rings (SSSR count). The van der Waals surface area contributed by atoms with Gasteiger partial charge < -0.3 is 4.90 Å². The first-order valence-electron chi connectivity index (χ1n) is 4.91. The lowest BCUT2D eigenvalue weighted by molar-refractivity contribution is 0.343. The number of piperidine rings is 1. The van der Waals surface area contributed by atoms with E-state index in [0.717, 1.165) is 5.92 Å². The van der Waals surface area contributed by atoms with Crippen LogP contribution < -0.4 is 0 Å². The Hall–Kier alpha value is -0.900. The van der Waals surface area contributed by atoms with Gasteiger partial charge in [-0.1, -0.05) is 0 Å². The third-order valence-electron chi connectivity index (χ3n) is 3.33. The highest BCUT2D eigenvalue weighted by atomic mass is 15.4. The molecule has 2 saturated heterocycles. The smallest absolute Gasteiger partial charge is 0.0874 e. The van der Waals surface area contributed by atoms with Gasteiger partial charge in [-0.05, 0) is 18.9 Å². The van der Waals surface area contributed by atoms with Gasteiger partial charge in [0.1, 0.15) is 0 Å². The standard InChI is InChI=1S/C9H14N4/c1-12-10-4-9(11-12)8-6-13-3-2-7(8)5-13/h4,7-8H,2-3,5-6H2,1H3/t7-,8-/m0/s1. The monoisotopic (exact) mass is 178 g/mol. The van der Waals surface area contributed by atoms with Crippen LogP contribution in [0.2, 0.25) is 0 Å². The van der Waals surface area contributed by atoms with E-state index in [-0.39, 0.29) is 0 Å². The van der Waals surface area contributed by atoms with E-state index in [1.165, 1.54) is 31.7 Å². The Balaban J connectivity index is 1.87. The maximum absolute atomic E-state index is 4.39. The molecule has 0 aromatic carbocycles. The predicted octanol–water partition coefficient (Wildman–Crippen LogP) is 0.234. The Kier molecular flexibility index (Phi) is 1.47. The zero-order chi connectivity index (χ0) is 8.84. The van der Waals surface area contributed by atoms with Crippen molar-refractivity contribution >= 4 is 0 Å². The van der Waals surface area contributed by atoms with E-state index in [2.05, 4.69) is 15.1 Å². The van der Waals surface area contributed by atoms with Gasteiger partial charge in [0.2, 0.25) is 0 Å². The van der Waals surface area contributed by atoms with Gasteiger partial charge >= 0.3 is 0 Å². The molecule has 4 nitrogen and oxygen atoms in total. The molecule has 2 aliphatic rings. The van der Waals surface area contributed by atoms with Crippen molar-refractivity contribution in [1.29, 1.82) is 0 Å². The highest BCUT2D eigenvalue weighted by Gasteiger charge is 2.39. The molecule has 4 heteroatoms. The van der Waals surface area contributed by atoms with E-state index in [0.29, 0.717) is 5.92 Å². The lowest BCUT2D eigenvalue weighted by atomic mass is 9.90. The summed E-state index contributed by atoms with van der Waals surface area (Å²) in [5.41, 5.74) is 1.19. The molecule has 0 spiro atoms. The average Bonchev–Trinajstić information content (AvgIpc) is 2.77. The number of fused-ring (bicyclic) bond motifs is 2. The van der Waals surface area contributed by atoms with Crippen molar-refractivity contribution in [3.05, 3.63) is 11.9 Å². The fourth-order valence-electron chi connectivity index (χ4n) is 2.65. The molecule has 0 amide bonds. The van der Waals surface area contributed by atoms with Gasteiger partial charge in [0, 0.05) is 26.1 Å². The summed E-state index contributed by atoms with van der Waals surface area (Å²) in [5.74, 6) is 1.50. The summed E-state index contributed by atoms with van der Waals surface area (Å²) in [4.78, 5) is 4.20. The van der Waals surface area contributed by atoms with Gasteiger partial charge in [-0.15, -0.1) is 0 Å². The Morgan fingerprint density at radius 3 is 2.92 bits per heavy atom. The van der Waals surface area contributed by atoms with E-state index in [4.69, 9.17) is 0 Å². The number of hydrogen-bond donors (Lipinski definition) is 0. The van der Waals surface area contributed by atoms with Crippen LogP contribution in [0, 0.1) is 5.92 Å². The second kappa shape index (κ2) is 2.54. The van der Waals surface area contributed by atoms with Crippen LogP contribution in [0.25, 0.3) is 0 Å². The lowest BCUT2D eigenvalue weighted by Crippen LogP contribution is -2.22. The molecule has 0 radical (unpaired) electrons. The van der Waals surface area contributed by atoms with E-state index in [1.54, 1.807) is 4.80 Å². The fraction of sp³-hybridized carbons (Fsp3) is 0.778. The van der Waals surface area contributed by atoms with Gasteiger partial charge in [0.25, 0.3) is 0 Å². The van der Waals surface area contributed by atoms with Gasteiger partial charge in [-0.2, -0.15) is 15.0 Å². The molecule has 1 unspecified atom stereocenters. The van der Waals surface area contributed by atoms with E-state index in [9.17, 15) is 0 Å². The molecule has 70 valence electrons. The molecule has 2 fully saturated rings. The van der Waals surface area contributed by atoms with E-state index < -0.39 is 0 Å². The average molecular weight is 178 g/mol. The van der Waals surface area contributed by atoms with Gasteiger partial charge in [0.15, 0.2) is 0 Å². The summed E-state index contributed by atoms with van der Waals surface area (Å²) in [6.45, 7) is 3.77. The number of aryl methyl sites for hydroxylation is 1. The number of rotatable bonds is 1. The van der Waals surface area contributed by atoms with Crippen molar-refractivity contribution in [3.63, 3.8) is 0 Å². The zero-order valence-electron chi connectivity index (χ0n) is 7.85. The van der Waals surface area contributed by atoms with Crippen molar-refractivity contribution in [2.75, 3.05) is 19.6 Å². The molecular formula is C9H14N4. The predicted molar refractivity (Wildman–Crippen MR) is 48.3 cm³/mol. The van der Waals surface area contributed by atoms with E-state index in [1.807, 2.05) is 13.2 Å². The molecule has 2 aliphatic heterocycles. The molecule has 3 heterocycles. The largest absolute Gasteiger partial charge is 0.302 e. The topological polar surface area (TPSA) is 34.0 Å². The molecule has 1 aromatic heterocycles. The minimum Gasteiger partial charge on any atom is -0.302 e. The molecule has 1 aromatic rings. The number of nitrogens with zero attached hydrogens (tertiary/aromatic N) is 4. The first-order valence-corrected chi connectivity index (χ1v) is 4.91. The molecular weight excluding hydrogens is 164 g/mol. The lowest BCUT2D eigenvalue weighted by Gasteiger charge is -2.19. The molecule has 2 bridgehead atoms. The highest BCUT2D eigenvalue weighted by molar-refractivity contribution is 5.10. The van der Waals surface area contributed by atoms with E-state index >= 15 is 0 Å². The third-order valence-corrected chi connectivity index (χ3v) is 3.33. The van der Waals surface area contributed by atoms with Crippen molar-refractivity contribution in [1.82, 2.24) is 19.9 Å². The maximum atomic E-state index is 4.39. The van der Waals surface area contributed by atoms with Crippen LogP contribution in [0.5, 0.6) is 0 Å². The van der Waals surface area contributed by atoms with Crippen LogP contribution in [0.1, 0.15) is 18.0 Å². The summed E-state index contributed by atoms with van der Waals surface area (Å²) in [6, 6.07) is 0. The number of hydrogen-bond acceptors (Lipinski definition) is 3. The van der Waals surface area contributed by atoms with Crippen molar-refractivity contribution in [2.24, 2.45) is 13.0 Å². The summed E-state index contributed by atoms with van der Waals surface area (Å²) >= 11 is 0. The van der Waals surface area contributed by atoms with Crippen molar-refractivity contribution < 1.29 is 0 Å². The minimum absolute atomic E-state index is 0.655. The summed E-state index contributed by atoms with van der Waals surface area (Å²) in [5, 5.41) is 8.52. The third kappa shape index (κ3) is 1.09. The Morgan fingerprint density at radius 1 is 1.46 bits per heavy atom. The summed E-state index contributed by atoms with van der Waals surface area (Å²) in [6.07, 6.45) is 3.27. The van der Waals surface area contributed by atoms with Gasteiger partial charge in [-0.3, -0.25) is 0 Å². The molecule has 13 heavy (non-hydrogen) atoms. The second-order valence-electron chi connectivity index (χ2n) is 4.17. The molecule has 0 saturated carbocycles. The minimum atomic E-state index is 0.655. The first kappa shape index (κ1) is 7.50. The van der Waals surface area contributed by atoms with Crippen LogP contribution in [0.3, 0.4) is 0 Å². The zero-order valence-corrected chi connectivity index (χ0v) is 7.85. The second-order valence-corrected chi connectivity index (χ2v) is 4.17. The van der Waals surface area contributed by atoms with Crippen LogP contribution in [-0.4, -0.2) is 39.5 Å². The SMILES string of the molecule is Cn1ncc([C@H]2CN3CC[C@H]2C3)n1. The quantitative estimate of drug-likeness (QED) is 0.617.